The van der Waals surface area contributed by atoms with E-state index in [1.807, 2.05) is 36.4 Å². The molecule has 176 valence electrons. The van der Waals surface area contributed by atoms with Crippen LogP contribution < -0.4 is 5.48 Å². The molecule has 0 unspecified atom stereocenters. The molecular weight excluding hydrogens is 426 g/mol. The van der Waals surface area contributed by atoms with Gasteiger partial charge in [-0.25, -0.2) is 10.3 Å². The molecule has 1 saturated carbocycles. The van der Waals surface area contributed by atoms with Crippen molar-refractivity contribution >= 4 is 23.5 Å². The maximum atomic E-state index is 13.7. The van der Waals surface area contributed by atoms with Gasteiger partial charge in [-0.15, -0.1) is 0 Å². The summed E-state index contributed by atoms with van der Waals surface area (Å²) >= 11 is 0. The zero-order chi connectivity index (χ0) is 23.0. The number of amides is 3. The van der Waals surface area contributed by atoms with E-state index in [-0.39, 0.29) is 17.4 Å². The van der Waals surface area contributed by atoms with Gasteiger partial charge < -0.3 is 14.4 Å². The number of nitrogens with zero attached hydrogens (tertiary/aromatic N) is 2. The number of hydrogen-bond acceptors (Lipinski definition) is 6. The molecule has 0 radical (unpaired) electrons. The van der Waals surface area contributed by atoms with Crippen molar-refractivity contribution < 1.29 is 29.1 Å². The monoisotopic (exact) mass is 455 g/mol. The van der Waals surface area contributed by atoms with E-state index in [0.29, 0.717) is 45.7 Å². The number of piperidine rings is 1. The van der Waals surface area contributed by atoms with Gasteiger partial charge in [-0.2, -0.15) is 0 Å². The maximum Gasteiger partial charge on any atom is 0.410 e. The number of hydrogen-bond donors (Lipinski definition) is 2. The van der Waals surface area contributed by atoms with Crippen LogP contribution in [0.2, 0.25) is 0 Å². The lowest BCUT2D eigenvalue weighted by molar-refractivity contribution is -0.149. The highest BCUT2D eigenvalue weighted by molar-refractivity contribution is 5.94. The topological polar surface area (TPSA) is 108 Å². The van der Waals surface area contributed by atoms with E-state index in [0.717, 1.165) is 24.0 Å². The number of nitrogens with one attached hydrogen (secondary N) is 1. The van der Waals surface area contributed by atoms with Crippen molar-refractivity contribution in [3.8, 4) is 0 Å². The second-order valence-electron chi connectivity index (χ2n) is 9.54. The number of rotatable bonds is 4. The Bertz CT molecular complexity index is 954. The molecule has 0 aromatic heterocycles. The second-order valence-corrected chi connectivity index (χ2v) is 9.54. The smallest absolute Gasteiger partial charge is 0.410 e. The van der Waals surface area contributed by atoms with Crippen LogP contribution in [0.5, 0.6) is 0 Å². The summed E-state index contributed by atoms with van der Waals surface area (Å²) in [5.74, 6) is -1.79. The van der Waals surface area contributed by atoms with Crippen LogP contribution in [-0.4, -0.2) is 77.9 Å². The van der Waals surface area contributed by atoms with Gasteiger partial charge in [0, 0.05) is 26.1 Å². The summed E-state index contributed by atoms with van der Waals surface area (Å²) < 4.78 is 11.0. The van der Waals surface area contributed by atoms with Crippen molar-refractivity contribution in [1.82, 2.24) is 15.3 Å². The third-order valence-corrected chi connectivity index (χ3v) is 7.30. The molecule has 1 spiro atoms. The van der Waals surface area contributed by atoms with Crippen LogP contribution in [0.15, 0.2) is 36.4 Å². The standard InChI is InChI=1S/C24H29N3O6/c28-21(25-31)19-12-24(8-9-24)15-27(23(30)33-18-7-11-32-14-18)20(19)22(29)26-10-6-17(13-26)16-4-2-1-3-5-16/h1-6,18-20,31H,7-15H2,(H,25,28)/t18-,19-,20-/m0/s1. The zero-order valence-electron chi connectivity index (χ0n) is 18.4. The lowest BCUT2D eigenvalue weighted by Gasteiger charge is -2.44. The first-order valence-electron chi connectivity index (χ1n) is 11.5. The first kappa shape index (κ1) is 21.9. The van der Waals surface area contributed by atoms with Crippen molar-refractivity contribution in [3.63, 3.8) is 0 Å². The van der Waals surface area contributed by atoms with E-state index in [2.05, 4.69) is 0 Å². The van der Waals surface area contributed by atoms with Crippen molar-refractivity contribution in [2.75, 3.05) is 32.8 Å². The second kappa shape index (κ2) is 8.79. The van der Waals surface area contributed by atoms with E-state index in [4.69, 9.17) is 9.47 Å². The number of hydroxylamine groups is 1. The van der Waals surface area contributed by atoms with Gasteiger partial charge in [-0.05, 0) is 35.8 Å². The minimum absolute atomic E-state index is 0.197. The fraction of sp³-hybridized carbons (Fsp3) is 0.542. The molecule has 2 N–H and O–H groups in total. The van der Waals surface area contributed by atoms with Gasteiger partial charge in [0.05, 0.1) is 19.1 Å². The number of benzene rings is 1. The average Bonchev–Trinajstić information content (AvgIpc) is 3.23. The Labute approximate surface area is 192 Å². The Hall–Kier alpha value is -2.91. The molecule has 2 saturated heterocycles. The van der Waals surface area contributed by atoms with E-state index in [1.54, 1.807) is 10.4 Å². The lowest BCUT2D eigenvalue weighted by Crippen LogP contribution is -2.62. The van der Waals surface area contributed by atoms with Crippen LogP contribution in [-0.2, 0) is 19.1 Å². The molecule has 1 aromatic rings. The van der Waals surface area contributed by atoms with Gasteiger partial charge in [-0.3, -0.25) is 19.7 Å². The van der Waals surface area contributed by atoms with Crippen molar-refractivity contribution in [2.24, 2.45) is 11.3 Å². The molecule has 3 atom stereocenters. The molecule has 5 rings (SSSR count). The van der Waals surface area contributed by atoms with Crippen molar-refractivity contribution in [1.29, 1.82) is 0 Å². The number of likely N-dealkylation sites (tertiary alicyclic amines) is 1. The minimum atomic E-state index is -1.03. The van der Waals surface area contributed by atoms with Gasteiger partial charge in [0.2, 0.25) is 11.8 Å². The third-order valence-electron chi connectivity index (χ3n) is 7.30. The van der Waals surface area contributed by atoms with Gasteiger partial charge >= 0.3 is 6.09 Å². The molecule has 33 heavy (non-hydrogen) atoms. The van der Waals surface area contributed by atoms with E-state index in [1.165, 1.54) is 4.90 Å². The van der Waals surface area contributed by atoms with E-state index < -0.39 is 24.0 Å². The Kier molecular flexibility index (Phi) is 5.84. The van der Waals surface area contributed by atoms with Gasteiger partial charge in [0.1, 0.15) is 12.1 Å². The molecule has 3 heterocycles. The SMILES string of the molecule is O=C(NO)[C@H]1CC2(CC2)CN(C(=O)O[C@H]2CCOC2)[C@@H]1C(=O)N1CC=C(c2ccccc2)C1. The van der Waals surface area contributed by atoms with Crippen molar-refractivity contribution in [2.45, 2.75) is 37.8 Å². The number of ether oxygens (including phenoxy) is 2. The number of carbonyl (C=O) groups excluding carboxylic acids is 3. The predicted molar refractivity (Wildman–Crippen MR) is 117 cm³/mol. The molecule has 3 amide bonds. The van der Waals surface area contributed by atoms with Crippen LogP contribution in [0.4, 0.5) is 4.79 Å². The molecule has 9 heteroatoms. The Balaban J connectivity index is 1.38. The lowest BCUT2D eigenvalue weighted by atomic mass is 9.80. The van der Waals surface area contributed by atoms with Gasteiger partial charge in [0.25, 0.3) is 0 Å². The molecule has 9 nitrogen and oxygen atoms in total. The summed E-state index contributed by atoms with van der Waals surface area (Å²) in [4.78, 5) is 42.7. The molecule has 0 bridgehead atoms. The summed E-state index contributed by atoms with van der Waals surface area (Å²) in [7, 11) is 0. The first-order valence-corrected chi connectivity index (χ1v) is 11.5. The van der Waals surface area contributed by atoms with Crippen LogP contribution in [0.25, 0.3) is 5.57 Å². The highest BCUT2D eigenvalue weighted by atomic mass is 16.6. The maximum absolute atomic E-state index is 13.7. The van der Waals surface area contributed by atoms with Gasteiger partial charge in [-0.1, -0.05) is 36.4 Å². The van der Waals surface area contributed by atoms with Crippen molar-refractivity contribution in [3.05, 3.63) is 42.0 Å². The summed E-state index contributed by atoms with van der Waals surface area (Å²) in [5, 5.41) is 9.40. The zero-order valence-corrected chi connectivity index (χ0v) is 18.4. The molecule has 4 aliphatic rings. The molecule has 3 fully saturated rings. The van der Waals surface area contributed by atoms with E-state index in [9.17, 15) is 19.6 Å². The Morgan fingerprint density at radius 2 is 1.97 bits per heavy atom. The summed E-state index contributed by atoms with van der Waals surface area (Å²) in [6.45, 7) is 2.04. The summed E-state index contributed by atoms with van der Waals surface area (Å²) in [6.07, 6.45) is 3.87. The van der Waals surface area contributed by atoms with Crippen LogP contribution in [0, 0.1) is 11.3 Å². The molecule has 1 aliphatic carbocycles. The van der Waals surface area contributed by atoms with Crippen LogP contribution >= 0.6 is 0 Å². The minimum Gasteiger partial charge on any atom is -0.444 e. The highest BCUT2D eigenvalue weighted by Crippen LogP contribution is 2.55. The van der Waals surface area contributed by atoms with Crippen LogP contribution in [0.1, 0.15) is 31.2 Å². The molecule has 3 aliphatic heterocycles. The first-order chi connectivity index (χ1) is 16.0. The average molecular weight is 456 g/mol. The Morgan fingerprint density at radius 3 is 2.64 bits per heavy atom. The third kappa shape index (κ3) is 4.35. The quantitative estimate of drug-likeness (QED) is 0.530. The van der Waals surface area contributed by atoms with E-state index >= 15 is 0 Å². The molecular formula is C24H29N3O6. The fourth-order valence-corrected chi connectivity index (χ4v) is 5.25. The number of carbonyl (C=O) groups is 3. The summed E-state index contributed by atoms with van der Waals surface area (Å²) in [5.41, 5.74) is 3.59. The predicted octanol–water partition coefficient (Wildman–Crippen LogP) is 1.81. The normalized spacial score (nSPS) is 27.9. The Morgan fingerprint density at radius 1 is 1.18 bits per heavy atom. The summed E-state index contributed by atoms with van der Waals surface area (Å²) in [6, 6.07) is 8.79. The fourth-order valence-electron chi connectivity index (χ4n) is 5.25. The largest absolute Gasteiger partial charge is 0.444 e. The van der Waals surface area contributed by atoms with Crippen LogP contribution in [0.3, 0.4) is 0 Å². The van der Waals surface area contributed by atoms with Gasteiger partial charge in [0.15, 0.2) is 0 Å². The molecule has 1 aromatic carbocycles. The highest BCUT2D eigenvalue weighted by Gasteiger charge is 2.58.